The molecule has 45 heavy (non-hydrogen) atoms. The molecular formula is C35H70NO8P. The van der Waals surface area contributed by atoms with Gasteiger partial charge in [-0.05, 0) is 32.2 Å². The summed E-state index contributed by atoms with van der Waals surface area (Å²) in [5.41, 5.74) is 5.44. The Morgan fingerprint density at radius 2 is 1.00 bits per heavy atom. The highest BCUT2D eigenvalue weighted by atomic mass is 31.2. The summed E-state index contributed by atoms with van der Waals surface area (Å²) in [5, 5.41) is 0. The van der Waals surface area contributed by atoms with Crippen LogP contribution in [0.2, 0.25) is 0 Å². The highest BCUT2D eigenvalue weighted by Gasteiger charge is 2.26. The van der Waals surface area contributed by atoms with Crippen LogP contribution in [0.15, 0.2) is 0 Å². The number of esters is 2. The molecule has 9 nitrogen and oxygen atoms in total. The third-order valence-corrected chi connectivity index (χ3v) is 8.96. The van der Waals surface area contributed by atoms with E-state index in [9.17, 15) is 19.0 Å². The molecule has 10 heteroatoms. The summed E-state index contributed by atoms with van der Waals surface area (Å²) < 4.78 is 33.2. The van der Waals surface area contributed by atoms with Gasteiger partial charge in [0.15, 0.2) is 6.10 Å². The molecule has 3 N–H and O–H groups in total. The summed E-state index contributed by atoms with van der Waals surface area (Å²) in [4.78, 5) is 34.8. The van der Waals surface area contributed by atoms with Crippen LogP contribution in [0.25, 0.3) is 0 Å². The van der Waals surface area contributed by atoms with Crippen LogP contribution in [-0.4, -0.2) is 49.3 Å². The monoisotopic (exact) mass is 663 g/mol. The zero-order valence-electron chi connectivity index (χ0n) is 29.1. The van der Waals surface area contributed by atoms with E-state index in [1.165, 1.54) is 103 Å². The van der Waals surface area contributed by atoms with Gasteiger partial charge in [-0.25, -0.2) is 4.57 Å². The van der Waals surface area contributed by atoms with E-state index in [-0.39, 0.29) is 25.6 Å². The lowest BCUT2D eigenvalue weighted by molar-refractivity contribution is -0.161. The van der Waals surface area contributed by atoms with Crippen LogP contribution < -0.4 is 5.73 Å². The van der Waals surface area contributed by atoms with Gasteiger partial charge in [-0.2, -0.15) is 0 Å². The fraction of sp³-hybridized carbons (Fsp3) is 0.943. The molecule has 0 aromatic carbocycles. The van der Waals surface area contributed by atoms with Crippen molar-refractivity contribution in [1.29, 1.82) is 0 Å². The first kappa shape index (κ1) is 44.0. The van der Waals surface area contributed by atoms with E-state index in [0.717, 1.165) is 32.1 Å². The number of hydrogen-bond acceptors (Lipinski definition) is 8. The van der Waals surface area contributed by atoms with Crippen molar-refractivity contribution in [2.75, 3.05) is 26.4 Å². The molecule has 0 aromatic rings. The average Bonchev–Trinajstić information content (AvgIpc) is 3.02. The minimum Gasteiger partial charge on any atom is -0.462 e. The van der Waals surface area contributed by atoms with Gasteiger partial charge in [-0.1, -0.05) is 142 Å². The van der Waals surface area contributed by atoms with Crippen molar-refractivity contribution in [3.05, 3.63) is 0 Å². The van der Waals surface area contributed by atoms with E-state index in [1.807, 2.05) is 0 Å². The maximum atomic E-state index is 12.5. The van der Waals surface area contributed by atoms with Crippen LogP contribution in [0.3, 0.4) is 0 Å². The van der Waals surface area contributed by atoms with Gasteiger partial charge in [0.1, 0.15) is 6.61 Å². The first-order chi connectivity index (χ1) is 21.8. The van der Waals surface area contributed by atoms with Crippen LogP contribution in [-0.2, 0) is 32.7 Å². The number of unbranched alkanes of at least 4 members (excludes halogenated alkanes) is 21. The number of phosphoric ester groups is 1. The molecular weight excluding hydrogens is 593 g/mol. The summed E-state index contributed by atoms with van der Waals surface area (Å²) in [6.45, 7) is 4.32. The summed E-state index contributed by atoms with van der Waals surface area (Å²) >= 11 is 0. The topological polar surface area (TPSA) is 134 Å². The Balaban J connectivity index is 4.35. The van der Waals surface area contributed by atoms with Crippen molar-refractivity contribution < 1.29 is 37.6 Å². The van der Waals surface area contributed by atoms with E-state index in [0.29, 0.717) is 32.2 Å². The van der Waals surface area contributed by atoms with Gasteiger partial charge in [-0.3, -0.25) is 18.6 Å². The van der Waals surface area contributed by atoms with Crippen LogP contribution in [0, 0.1) is 0 Å². The number of hydrogen-bond donors (Lipinski definition) is 2. The molecule has 0 aliphatic heterocycles. The largest absolute Gasteiger partial charge is 0.472 e. The van der Waals surface area contributed by atoms with Gasteiger partial charge in [-0.15, -0.1) is 0 Å². The molecule has 0 rings (SSSR count). The van der Waals surface area contributed by atoms with Crippen molar-refractivity contribution in [1.82, 2.24) is 0 Å². The van der Waals surface area contributed by atoms with Gasteiger partial charge in [0.2, 0.25) is 0 Å². The highest BCUT2D eigenvalue weighted by Crippen LogP contribution is 2.43. The molecule has 0 saturated heterocycles. The molecule has 0 amide bonds. The fourth-order valence-electron chi connectivity index (χ4n) is 5.13. The van der Waals surface area contributed by atoms with Crippen LogP contribution in [0.5, 0.6) is 0 Å². The minimum absolute atomic E-state index is 0.0300. The minimum atomic E-state index is -4.34. The number of carbonyl (C=O) groups excluding carboxylic acids is 2. The molecule has 268 valence electrons. The first-order valence-corrected chi connectivity index (χ1v) is 20.0. The molecule has 0 aliphatic carbocycles. The average molecular weight is 664 g/mol. The molecule has 0 heterocycles. The van der Waals surface area contributed by atoms with Crippen molar-refractivity contribution in [2.24, 2.45) is 5.73 Å². The van der Waals surface area contributed by atoms with E-state index >= 15 is 0 Å². The Kier molecular flexibility index (Phi) is 32.2. The molecule has 0 fully saturated rings. The third kappa shape index (κ3) is 32.7. The summed E-state index contributed by atoms with van der Waals surface area (Å²) in [7, 11) is -4.34. The van der Waals surface area contributed by atoms with E-state index in [1.54, 1.807) is 0 Å². The molecule has 0 radical (unpaired) electrons. The molecule has 0 aliphatic rings. The Morgan fingerprint density at radius 3 is 1.44 bits per heavy atom. The van der Waals surface area contributed by atoms with Crippen molar-refractivity contribution >= 4 is 19.8 Å². The van der Waals surface area contributed by atoms with Gasteiger partial charge in [0, 0.05) is 12.8 Å². The van der Waals surface area contributed by atoms with Gasteiger partial charge < -0.3 is 20.1 Å². The van der Waals surface area contributed by atoms with Gasteiger partial charge >= 0.3 is 19.8 Å². The van der Waals surface area contributed by atoms with Crippen LogP contribution >= 0.6 is 7.82 Å². The molecule has 0 saturated carbocycles. The van der Waals surface area contributed by atoms with E-state index < -0.39 is 26.5 Å². The van der Waals surface area contributed by atoms with Crippen molar-refractivity contribution in [3.63, 3.8) is 0 Å². The summed E-state index contributed by atoms with van der Waals surface area (Å²) in [5.74, 6) is -0.805. The second kappa shape index (κ2) is 32.9. The molecule has 0 bridgehead atoms. The number of carbonyl (C=O) groups is 2. The maximum Gasteiger partial charge on any atom is 0.472 e. The van der Waals surface area contributed by atoms with Crippen molar-refractivity contribution in [2.45, 2.75) is 187 Å². The Labute approximate surface area is 276 Å². The lowest BCUT2D eigenvalue weighted by Gasteiger charge is -2.20. The zero-order valence-corrected chi connectivity index (χ0v) is 30.0. The van der Waals surface area contributed by atoms with E-state index in [2.05, 4.69) is 13.8 Å². The number of rotatable bonds is 35. The second-order valence-electron chi connectivity index (χ2n) is 12.5. The SMILES string of the molecule is CCCCCCCCCCCCCC(=O)OC[C@@H](COP(=O)(O)OCCCCN)OC(=O)CCCCCCCCCCCCC. The normalized spacial score (nSPS) is 13.4. The first-order valence-electron chi connectivity index (χ1n) is 18.5. The molecule has 2 atom stereocenters. The summed E-state index contributed by atoms with van der Waals surface area (Å²) in [6.07, 6.45) is 26.8. The predicted octanol–water partition coefficient (Wildman–Crippen LogP) is 9.72. The van der Waals surface area contributed by atoms with Gasteiger partial charge in [0.05, 0.1) is 13.2 Å². The quantitative estimate of drug-likeness (QED) is 0.0386. The molecule has 0 aromatic heterocycles. The number of ether oxygens (including phenoxy) is 2. The highest BCUT2D eigenvalue weighted by molar-refractivity contribution is 7.47. The fourth-order valence-corrected chi connectivity index (χ4v) is 5.92. The van der Waals surface area contributed by atoms with Crippen LogP contribution in [0.1, 0.15) is 181 Å². The Bertz CT molecular complexity index is 724. The zero-order chi connectivity index (χ0) is 33.3. The molecule has 1 unspecified atom stereocenters. The predicted molar refractivity (Wildman–Crippen MR) is 183 cm³/mol. The Hall–Kier alpha value is -0.990. The second-order valence-corrected chi connectivity index (χ2v) is 13.9. The lowest BCUT2D eigenvalue weighted by Crippen LogP contribution is -2.29. The maximum absolute atomic E-state index is 12.5. The standard InChI is InChI=1S/C35H70NO8P/c1-3-5-7-9-11-13-15-17-19-21-23-27-34(37)41-31-33(32-43-45(39,40)42-30-26-25-29-36)44-35(38)28-24-22-20-18-16-14-12-10-8-6-4-2/h33H,3-32,36H2,1-2H3,(H,39,40)/t33-/m0/s1. The smallest absolute Gasteiger partial charge is 0.462 e. The lowest BCUT2D eigenvalue weighted by atomic mass is 10.1. The van der Waals surface area contributed by atoms with E-state index in [4.69, 9.17) is 24.3 Å². The third-order valence-electron chi connectivity index (χ3n) is 7.97. The summed E-state index contributed by atoms with van der Waals surface area (Å²) in [6, 6.07) is 0. The number of phosphoric acid groups is 1. The molecule has 0 spiro atoms. The van der Waals surface area contributed by atoms with Gasteiger partial charge in [0.25, 0.3) is 0 Å². The van der Waals surface area contributed by atoms with Crippen molar-refractivity contribution in [3.8, 4) is 0 Å². The Morgan fingerprint density at radius 1 is 0.578 bits per heavy atom. The van der Waals surface area contributed by atoms with Crippen LogP contribution in [0.4, 0.5) is 0 Å². The number of nitrogens with two attached hydrogens (primary N) is 1.